The highest BCUT2D eigenvalue weighted by Gasteiger charge is 2.10. The van der Waals surface area contributed by atoms with Crippen LogP contribution in [0.3, 0.4) is 0 Å². The van der Waals surface area contributed by atoms with Gasteiger partial charge in [0.15, 0.2) is 0 Å². The van der Waals surface area contributed by atoms with Gasteiger partial charge in [0.05, 0.1) is 13.2 Å². The fourth-order valence-corrected chi connectivity index (χ4v) is 0.857. The van der Waals surface area contributed by atoms with Gasteiger partial charge in [-0.3, -0.25) is 0 Å². The van der Waals surface area contributed by atoms with Gasteiger partial charge >= 0.3 is 0 Å². The Bertz CT molecular complexity index is 126. The van der Waals surface area contributed by atoms with Crippen molar-refractivity contribution in [3.05, 3.63) is 0 Å². The van der Waals surface area contributed by atoms with E-state index in [0.717, 1.165) is 6.61 Å². The van der Waals surface area contributed by atoms with E-state index in [-0.39, 0.29) is 0 Å². The summed E-state index contributed by atoms with van der Waals surface area (Å²) in [5.41, 5.74) is 0. The Morgan fingerprint density at radius 1 is 1.55 bits per heavy atom. The highest BCUT2D eigenvalue weighted by atomic mass is 16.5. The molecular weight excluding hydrogens is 138 g/mol. The SMILES string of the molecule is C#CCNC(COC)C(C)C. The van der Waals surface area contributed by atoms with Crippen molar-refractivity contribution in [1.82, 2.24) is 5.32 Å². The highest BCUT2D eigenvalue weighted by molar-refractivity contribution is 4.88. The van der Waals surface area contributed by atoms with Crippen LogP contribution in [0.15, 0.2) is 0 Å². The van der Waals surface area contributed by atoms with Crippen LogP contribution in [0.1, 0.15) is 13.8 Å². The molecule has 64 valence electrons. The van der Waals surface area contributed by atoms with E-state index in [1.807, 2.05) is 0 Å². The largest absolute Gasteiger partial charge is 0.383 e. The lowest BCUT2D eigenvalue weighted by atomic mass is 10.1. The Balaban J connectivity index is 3.62. The van der Waals surface area contributed by atoms with E-state index in [2.05, 4.69) is 25.1 Å². The van der Waals surface area contributed by atoms with Gasteiger partial charge in [0.2, 0.25) is 0 Å². The van der Waals surface area contributed by atoms with Gasteiger partial charge in [0.25, 0.3) is 0 Å². The van der Waals surface area contributed by atoms with Gasteiger partial charge < -0.3 is 10.1 Å². The smallest absolute Gasteiger partial charge is 0.0618 e. The van der Waals surface area contributed by atoms with Crippen LogP contribution in [0.25, 0.3) is 0 Å². The number of rotatable bonds is 5. The molecule has 11 heavy (non-hydrogen) atoms. The Labute approximate surface area is 69.3 Å². The van der Waals surface area contributed by atoms with Crippen LogP contribution in [0.2, 0.25) is 0 Å². The third-order valence-corrected chi connectivity index (χ3v) is 1.62. The highest BCUT2D eigenvalue weighted by Crippen LogP contribution is 2.00. The van der Waals surface area contributed by atoms with Gasteiger partial charge in [0.1, 0.15) is 0 Å². The van der Waals surface area contributed by atoms with Crippen molar-refractivity contribution < 1.29 is 4.74 Å². The number of ether oxygens (including phenoxy) is 1. The summed E-state index contributed by atoms with van der Waals surface area (Å²) < 4.78 is 5.03. The zero-order chi connectivity index (χ0) is 8.69. The van der Waals surface area contributed by atoms with Crippen LogP contribution in [0.5, 0.6) is 0 Å². The summed E-state index contributed by atoms with van der Waals surface area (Å²) in [7, 11) is 1.70. The molecule has 1 N–H and O–H groups in total. The van der Waals surface area contributed by atoms with Crippen LogP contribution in [-0.2, 0) is 4.74 Å². The topological polar surface area (TPSA) is 21.3 Å². The van der Waals surface area contributed by atoms with E-state index < -0.39 is 0 Å². The van der Waals surface area contributed by atoms with Gasteiger partial charge in [0, 0.05) is 13.2 Å². The maximum Gasteiger partial charge on any atom is 0.0618 e. The molecule has 0 aliphatic rings. The second-order valence-corrected chi connectivity index (χ2v) is 2.89. The summed E-state index contributed by atoms with van der Waals surface area (Å²) >= 11 is 0. The molecule has 0 saturated heterocycles. The minimum Gasteiger partial charge on any atom is -0.383 e. The van der Waals surface area contributed by atoms with Crippen molar-refractivity contribution >= 4 is 0 Å². The number of hydrogen-bond acceptors (Lipinski definition) is 2. The number of nitrogens with one attached hydrogen (secondary N) is 1. The molecule has 0 spiro atoms. The normalized spacial score (nSPS) is 13.0. The first kappa shape index (κ1) is 10.5. The first-order valence-electron chi connectivity index (χ1n) is 3.88. The molecule has 0 radical (unpaired) electrons. The third-order valence-electron chi connectivity index (χ3n) is 1.62. The molecule has 2 heteroatoms. The van der Waals surface area contributed by atoms with Crippen molar-refractivity contribution in [3.63, 3.8) is 0 Å². The average Bonchev–Trinajstić information content (AvgIpc) is 1.97. The van der Waals surface area contributed by atoms with Gasteiger partial charge in [-0.1, -0.05) is 19.8 Å². The monoisotopic (exact) mass is 155 g/mol. The van der Waals surface area contributed by atoms with E-state index in [1.165, 1.54) is 0 Å². The zero-order valence-electron chi connectivity index (χ0n) is 7.55. The molecule has 0 aromatic rings. The molecule has 0 aliphatic heterocycles. The van der Waals surface area contributed by atoms with Crippen molar-refractivity contribution in [2.75, 3.05) is 20.3 Å². The second-order valence-electron chi connectivity index (χ2n) is 2.89. The van der Waals surface area contributed by atoms with E-state index in [0.29, 0.717) is 18.5 Å². The predicted molar refractivity (Wildman–Crippen MR) is 47.3 cm³/mol. The molecule has 0 fully saturated rings. The molecule has 2 nitrogen and oxygen atoms in total. The molecule has 1 atom stereocenters. The van der Waals surface area contributed by atoms with Crippen molar-refractivity contribution in [3.8, 4) is 12.3 Å². The van der Waals surface area contributed by atoms with Crippen LogP contribution >= 0.6 is 0 Å². The van der Waals surface area contributed by atoms with Gasteiger partial charge in [-0.2, -0.15) is 0 Å². The lowest BCUT2D eigenvalue weighted by Crippen LogP contribution is -2.37. The molecule has 0 aromatic carbocycles. The quantitative estimate of drug-likeness (QED) is 0.595. The lowest BCUT2D eigenvalue weighted by molar-refractivity contribution is 0.149. The Kier molecular flexibility index (Phi) is 5.91. The van der Waals surface area contributed by atoms with Crippen molar-refractivity contribution in [1.29, 1.82) is 0 Å². The molecule has 0 saturated carbocycles. The van der Waals surface area contributed by atoms with E-state index >= 15 is 0 Å². The molecule has 0 amide bonds. The Hall–Kier alpha value is -0.520. The van der Waals surface area contributed by atoms with E-state index in [1.54, 1.807) is 7.11 Å². The van der Waals surface area contributed by atoms with Crippen LogP contribution in [0.4, 0.5) is 0 Å². The molecule has 0 aromatic heterocycles. The zero-order valence-corrected chi connectivity index (χ0v) is 7.55. The fraction of sp³-hybridized carbons (Fsp3) is 0.778. The number of methoxy groups -OCH3 is 1. The summed E-state index contributed by atoms with van der Waals surface area (Å²) in [6, 6.07) is 0.371. The van der Waals surface area contributed by atoms with Gasteiger partial charge in [-0.25, -0.2) is 0 Å². The van der Waals surface area contributed by atoms with Crippen molar-refractivity contribution in [2.24, 2.45) is 5.92 Å². The lowest BCUT2D eigenvalue weighted by Gasteiger charge is -2.19. The summed E-state index contributed by atoms with van der Waals surface area (Å²) in [5.74, 6) is 3.10. The maximum absolute atomic E-state index is 5.12. The molecule has 0 heterocycles. The van der Waals surface area contributed by atoms with Gasteiger partial charge in [-0.05, 0) is 5.92 Å². The molecule has 0 rings (SSSR count). The van der Waals surface area contributed by atoms with Crippen molar-refractivity contribution in [2.45, 2.75) is 19.9 Å². The molecule has 1 unspecified atom stereocenters. The summed E-state index contributed by atoms with van der Waals surface area (Å²) in [6.45, 7) is 5.63. The average molecular weight is 155 g/mol. The summed E-state index contributed by atoms with van der Waals surface area (Å²) in [4.78, 5) is 0. The van der Waals surface area contributed by atoms with E-state index in [9.17, 15) is 0 Å². The number of hydrogen-bond donors (Lipinski definition) is 1. The molecule has 0 bridgehead atoms. The van der Waals surface area contributed by atoms with Crippen LogP contribution < -0.4 is 5.32 Å². The first-order valence-corrected chi connectivity index (χ1v) is 3.88. The summed E-state index contributed by atoms with van der Waals surface area (Å²) in [6.07, 6.45) is 5.12. The first-order chi connectivity index (χ1) is 5.22. The van der Waals surface area contributed by atoms with Crippen LogP contribution in [0, 0.1) is 18.3 Å². The minimum atomic E-state index is 0.371. The minimum absolute atomic E-state index is 0.371. The fourth-order valence-electron chi connectivity index (χ4n) is 0.857. The second kappa shape index (κ2) is 6.21. The van der Waals surface area contributed by atoms with Crippen LogP contribution in [-0.4, -0.2) is 26.3 Å². The Morgan fingerprint density at radius 3 is 2.55 bits per heavy atom. The van der Waals surface area contributed by atoms with E-state index in [4.69, 9.17) is 11.2 Å². The third kappa shape index (κ3) is 4.83. The number of terminal acetylenes is 1. The maximum atomic E-state index is 5.12. The standard InChI is InChI=1S/C9H17NO/c1-5-6-10-9(7-11-4)8(2)3/h1,8-10H,6-7H2,2-4H3. The summed E-state index contributed by atoms with van der Waals surface area (Å²) in [5, 5.41) is 3.21. The predicted octanol–water partition coefficient (Wildman–Crippen LogP) is 0.880. The van der Waals surface area contributed by atoms with Gasteiger partial charge in [-0.15, -0.1) is 6.42 Å². The molecule has 0 aliphatic carbocycles. The Morgan fingerprint density at radius 2 is 2.18 bits per heavy atom. The molecular formula is C9H17NO.